The molecule has 0 aliphatic heterocycles. The van der Waals surface area contributed by atoms with E-state index in [1.807, 2.05) is 20.8 Å². The minimum absolute atomic E-state index is 0.0185. The van der Waals surface area contributed by atoms with Gasteiger partial charge in [-0.25, -0.2) is 14.2 Å². The number of aryl methyl sites for hydroxylation is 2. The Balaban J connectivity index is 0.00000204. The standard InChI is InChI=1S/C18H18Cl2FN3O2S.C2H6/c1-3-5-11(21)8-9-14-10(2)27-18(22-14)24-17(26)23-16(25)15-12(19)6-4-7-13(15)20;1-2/h3-7,11H,8-9H2,1-2H3,(H2,22,23,24,25,26);1-2H3/b5-3-;. The molecule has 0 saturated carbocycles. The number of urea groups is 1. The third kappa shape index (κ3) is 7.76. The lowest BCUT2D eigenvalue weighted by Crippen LogP contribution is -2.34. The van der Waals surface area contributed by atoms with E-state index in [0.29, 0.717) is 23.7 Å². The van der Waals surface area contributed by atoms with E-state index in [2.05, 4.69) is 15.6 Å². The van der Waals surface area contributed by atoms with Crippen molar-refractivity contribution >= 4 is 51.6 Å². The second-order valence-corrected chi connectivity index (χ2v) is 7.62. The number of benzene rings is 1. The highest BCUT2D eigenvalue weighted by Gasteiger charge is 2.18. The smallest absolute Gasteiger partial charge is 0.283 e. The fourth-order valence-corrected chi connectivity index (χ4v) is 3.73. The number of hydrogen-bond donors (Lipinski definition) is 2. The first-order valence-corrected chi connectivity index (χ1v) is 10.7. The molecule has 0 radical (unpaired) electrons. The number of thiazole rings is 1. The van der Waals surface area contributed by atoms with E-state index >= 15 is 0 Å². The van der Waals surface area contributed by atoms with Crippen molar-refractivity contribution in [1.82, 2.24) is 10.3 Å². The highest BCUT2D eigenvalue weighted by molar-refractivity contribution is 7.15. The number of imide groups is 1. The van der Waals surface area contributed by atoms with Gasteiger partial charge < -0.3 is 0 Å². The molecule has 9 heteroatoms. The average Bonchev–Trinajstić information content (AvgIpc) is 3.00. The lowest BCUT2D eigenvalue weighted by atomic mass is 10.1. The molecule has 2 rings (SSSR count). The van der Waals surface area contributed by atoms with Gasteiger partial charge in [0.25, 0.3) is 5.91 Å². The number of nitrogens with zero attached hydrogens (tertiary/aromatic N) is 1. The SMILES string of the molecule is C/C=C\C(F)CCc1nc(NC(=O)NC(=O)c2c(Cl)cccc2Cl)sc1C.CC. The zero-order valence-electron chi connectivity index (χ0n) is 16.7. The summed E-state index contributed by atoms with van der Waals surface area (Å²) in [7, 11) is 0. The molecule has 0 saturated heterocycles. The highest BCUT2D eigenvalue weighted by atomic mass is 35.5. The van der Waals surface area contributed by atoms with Crippen molar-refractivity contribution in [3.63, 3.8) is 0 Å². The highest BCUT2D eigenvalue weighted by Crippen LogP contribution is 2.25. The number of hydrogen-bond acceptors (Lipinski definition) is 4. The van der Waals surface area contributed by atoms with Crippen molar-refractivity contribution in [1.29, 1.82) is 0 Å². The summed E-state index contributed by atoms with van der Waals surface area (Å²) >= 11 is 13.2. The maximum absolute atomic E-state index is 13.6. The molecule has 1 unspecified atom stereocenters. The van der Waals surface area contributed by atoms with Gasteiger partial charge in [-0.05, 0) is 38.8 Å². The van der Waals surface area contributed by atoms with Crippen LogP contribution in [-0.2, 0) is 6.42 Å². The van der Waals surface area contributed by atoms with Crippen LogP contribution >= 0.6 is 34.5 Å². The first-order valence-electron chi connectivity index (χ1n) is 9.11. The Labute approximate surface area is 184 Å². The zero-order valence-corrected chi connectivity index (χ0v) is 19.0. The van der Waals surface area contributed by atoms with E-state index in [-0.39, 0.29) is 15.6 Å². The van der Waals surface area contributed by atoms with Gasteiger partial charge >= 0.3 is 6.03 Å². The van der Waals surface area contributed by atoms with Crippen LogP contribution in [0.3, 0.4) is 0 Å². The molecule has 0 aliphatic rings. The van der Waals surface area contributed by atoms with Gasteiger partial charge in [-0.2, -0.15) is 0 Å². The summed E-state index contributed by atoms with van der Waals surface area (Å²) in [5.41, 5.74) is 0.730. The molecule has 5 nitrogen and oxygen atoms in total. The van der Waals surface area contributed by atoms with Crippen molar-refractivity contribution < 1.29 is 14.0 Å². The second-order valence-electron chi connectivity index (χ2n) is 5.61. The van der Waals surface area contributed by atoms with Crippen LogP contribution in [0, 0.1) is 6.92 Å². The third-order valence-electron chi connectivity index (χ3n) is 3.59. The van der Waals surface area contributed by atoms with E-state index in [4.69, 9.17) is 23.2 Å². The van der Waals surface area contributed by atoms with Gasteiger partial charge in [0.05, 0.1) is 21.3 Å². The lowest BCUT2D eigenvalue weighted by Gasteiger charge is -2.07. The van der Waals surface area contributed by atoms with E-state index < -0.39 is 18.1 Å². The first-order chi connectivity index (χ1) is 13.8. The van der Waals surface area contributed by atoms with Crippen LogP contribution < -0.4 is 10.6 Å². The number of amides is 3. The van der Waals surface area contributed by atoms with Crippen LogP contribution in [0.2, 0.25) is 10.0 Å². The van der Waals surface area contributed by atoms with Crippen molar-refractivity contribution in [2.75, 3.05) is 5.32 Å². The maximum Gasteiger partial charge on any atom is 0.327 e. The third-order valence-corrected chi connectivity index (χ3v) is 5.15. The summed E-state index contributed by atoms with van der Waals surface area (Å²) in [4.78, 5) is 29.4. The van der Waals surface area contributed by atoms with Crippen LogP contribution in [-0.4, -0.2) is 23.1 Å². The van der Waals surface area contributed by atoms with E-state index in [1.165, 1.54) is 29.5 Å². The van der Waals surface area contributed by atoms with Gasteiger partial charge in [0.2, 0.25) is 0 Å². The van der Waals surface area contributed by atoms with Crippen LogP contribution in [0.1, 0.15) is 48.1 Å². The van der Waals surface area contributed by atoms with Crippen LogP contribution in [0.25, 0.3) is 0 Å². The molecule has 1 heterocycles. The molecule has 0 bridgehead atoms. The molecule has 1 atom stereocenters. The summed E-state index contributed by atoms with van der Waals surface area (Å²) in [6, 6.07) is 3.85. The van der Waals surface area contributed by atoms with Crippen molar-refractivity contribution in [3.8, 4) is 0 Å². The number of allylic oxidation sites excluding steroid dienone is 2. The molecular weight excluding hydrogens is 436 g/mol. The average molecular weight is 460 g/mol. The van der Waals surface area contributed by atoms with Gasteiger partial charge in [0.1, 0.15) is 6.17 Å². The van der Waals surface area contributed by atoms with Crippen molar-refractivity contribution in [2.24, 2.45) is 0 Å². The number of aromatic nitrogens is 1. The molecule has 2 N–H and O–H groups in total. The largest absolute Gasteiger partial charge is 0.327 e. The minimum atomic E-state index is -1.03. The van der Waals surface area contributed by atoms with Crippen LogP contribution in [0.4, 0.5) is 14.3 Å². The van der Waals surface area contributed by atoms with E-state index in [1.54, 1.807) is 19.1 Å². The fourth-order valence-electron chi connectivity index (χ4n) is 2.30. The quantitative estimate of drug-likeness (QED) is 0.478. The Morgan fingerprint density at radius 2 is 1.90 bits per heavy atom. The number of halogens is 3. The Morgan fingerprint density at radius 3 is 2.48 bits per heavy atom. The fraction of sp³-hybridized carbons (Fsp3) is 0.350. The van der Waals surface area contributed by atoms with E-state index in [0.717, 1.165) is 4.88 Å². The summed E-state index contributed by atoms with van der Waals surface area (Å²) in [6.07, 6.45) is 2.88. The van der Waals surface area contributed by atoms with Crippen molar-refractivity contribution in [2.45, 2.75) is 46.7 Å². The Hall–Kier alpha value is -1.96. The Kier molecular flexibility index (Phi) is 10.9. The first kappa shape index (κ1) is 25.1. The van der Waals surface area contributed by atoms with E-state index in [9.17, 15) is 14.0 Å². The number of alkyl halides is 1. The van der Waals surface area contributed by atoms with Gasteiger partial charge in [-0.3, -0.25) is 15.4 Å². The topological polar surface area (TPSA) is 71.1 Å². The lowest BCUT2D eigenvalue weighted by molar-refractivity contribution is 0.0967. The van der Waals surface area contributed by atoms with Crippen molar-refractivity contribution in [3.05, 3.63) is 56.5 Å². The number of rotatable bonds is 6. The Bertz CT molecular complexity index is 851. The predicted molar refractivity (Wildman–Crippen MR) is 119 cm³/mol. The van der Waals surface area contributed by atoms with Crippen LogP contribution in [0.15, 0.2) is 30.4 Å². The summed E-state index contributed by atoms with van der Waals surface area (Å²) < 4.78 is 13.6. The molecule has 2 aromatic rings. The molecule has 0 spiro atoms. The normalized spacial score (nSPS) is 11.6. The summed E-state index contributed by atoms with van der Waals surface area (Å²) in [5, 5.41) is 5.26. The number of anilines is 1. The van der Waals surface area contributed by atoms with Gasteiger partial charge in [0.15, 0.2) is 5.13 Å². The number of nitrogens with one attached hydrogen (secondary N) is 2. The maximum atomic E-state index is 13.6. The molecule has 0 aliphatic carbocycles. The van der Waals surface area contributed by atoms with Gasteiger partial charge in [-0.15, -0.1) is 11.3 Å². The molecule has 1 aromatic heterocycles. The molecule has 3 amide bonds. The zero-order chi connectivity index (χ0) is 22.0. The predicted octanol–water partition coefficient (Wildman–Crippen LogP) is 6.59. The minimum Gasteiger partial charge on any atom is -0.283 e. The molecule has 158 valence electrons. The Morgan fingerprint density at radius 1 is 1.28 bits per heavy atom. The van der Waals surface area contributed by atoms with Gasteiger partial charge in [-0.1, -0.05) is 55.3 Å². The molecule has 29 heavy (non-hydrogen) atoms. The van der Waals surface area contributed by atoms with Crippen LogP contribution in [0.5, 0.6) is 0 Å². The summed E-state index contributed by atoms with van der Waals surface area (Å²) in [6.45, 7) is 7.60. The number of carbonyl (C=O) groups excluding carboxylic acids is 2. The monoisotopic (exact) mass is 459 g/mol. The second kappa shape index (κ2) is 12.6. The summed E-state index contributed by atoms with van der Waals surface area (Å²) in [5.74, 6) is -0.719. The van der Waals surface area contributed by atoms with Gasteiger partial charge in [0, 0.05) is 4.88 Å². The molecule has 1 aromatic carbocycles. The number of carbonyl (C=O) groups is 2. The molecular formula is C20H24Cl2FN3O2S. The molecule has 0 fully saturated rings.